The summed E-state index contributed by atoms with van der Waals surface area (Å²) in [6.45, 7) is 16.3. The SMILES string of the molecule is CC1=C2C[C@@H]3[C@@]4(C)CC[C@@H](n5ccnn5)C[C@H]4CC[C@@]3(C)[C@@H]2CC[C@@]2(C1)O[C@]1(C)C[C@H](C)CN[C@H]1[C@H]2C. The third-order valence-corrected chi connectivity index (χ3v) is 13.4. The van der Waals surface area contributed by atoms with Crippen molar-refractivity contribution in [1.29, 1.82) is 0 Å². The van der Waals surface area contributed by atoms with Gasteiger partial charge in [0.25, 0.3) is 0 Å². The Morgan fingerprint density at radius 2 is 1.86 bits per heavy atom. The van der Waals surface area contributed by atoms with E-state index in [1.807, 2.05) is 11.8 Å². The molecule has 1 aromatic rings. The van der Waals surface area contributed by atoms with E-state index < -0.39 is 0 Å². The Balaban J connectivity index is 1.17. The van der Waals surface area contributed by atoms with E-state index >= 15 is 0 Å². The molecule has 0 bridgehead atoms. The summed E-state index contributed by atoms with van der Waals surface area (Å²) in [6.07, 6.45) is 16.8. The molecule has 7 rings (SSSR count). The van der Waals surface area contributed by atoms with Gasteiger partial charge in [0.2, 0.25) is 0 Å². The summed E-state index contributed by atoms with van der Waals surface area (Å²) in [7, 11) is 0. The molecule has 3 saturated carbocycles. The van der Waals surface area contributed by atoms with Crippen LogP contribution in [-0.4, -0.2) is 38.8 Å². The highest BCUT2D eigenvalue weighted by Gasteiger charge is 2.64. The number of aromatic nitrogens is 3. The highest BCUT2D eigenvalue weighted by atomic mass is 16.5. The van der Waals surface area contributed by atoms with E-state index in [4.69, 9.17) is 4.74 Å². The predicted octanol–water partition coefficient (Wildman–Crippen LogP) is 6.72. The van der Waals surface area contributed by atoms with Crippen molar-refractivity contribution in [2.75, 3.05) is 6.54 Å². The third kappa shape index (κ3) is 3.41. The molecular formula is C32H50N4O. The van der Waals surface area contributed by atoms with Crippen molar-refractivity contribution >= 4 is 0 Å². The second-order valence-electron chi connectivity index (χ2n) is 15.4. The van der Waals surface area contributed by atoms with Crippen LogP contribution in [0.3, 0.4) is 0 Å². The number of nitrogens with one attached hydrogen (secondary N) is 1. The normalized spacial score (nSPS) is 53.4. The average Bonchev–Trinajstić information content (AvgIpc) is 3.50. The Morgan fingerprint density at radius 3 is 2.65 bits per heavy atom. The first-order valence-electron chi connectivity index (χ1n) is 15.6. The zero-order valence-electron chi connectivity index (χ0n) is 24.2. The minimum atomic E-state index is -0.0117. The molecule has 2 aliphatic heterocycles. The number of piperidine rings is 1. The molecule has 0 unspecified atom stereocenters. The smallest absolute Gasteiger partial charge is 0.0821 e. The number of allylic oxidation sites excluding steroid dienone is 1. The zero-order chi connectivity index (χ0) is 25.8. The van der Waals surface area contributed by atoms with Gasteiger partial charge in [-0.3, -0.25) is 0 Å². The van der Waals surface area contributed by atoms with Crippen molar-refractivity contribution in [3.05, 3.63) is 23.5 Å². The lowest BCUT2D eigenvalue weighted by molar-refractivity contribution is -0.127. The molecule has 0 radical (unpaired) electrons. The van der Waals surface area contributed by atoms with Crippen LogP contribution in [0.2, 0.25) is 0 Å². The van der Waals surface area contributed by atoms with Crippen molar-refractivity contribution in [2.24, 2.45) is 40.4 Å². The first-order valence-corrected chi connectivity index (χ1v) is 15.6. The Labute approximate surface area is 224 Å². The fourth-order valence-electron chi connectivity index (χ4n) is 11.6. The topological polar surface area (TPSA) is 52.0 Å². The summed E-state index contributed by atoms with van der Waals surface area (Å²) in [5, 5.41) is 12.4. The molecule has 6 aliphatic rings. The maximum absolute atomic E-state index is 7.29. The minimum absolute atomic E-state index is 0.0117. The monoisotopic (exact) mass is 506 g/mol. The van der Waals surface area contributed by atoms with Gasteiger partial charge in [0.1, 0.15) is 0 Å². The molecular weight excluding hydrogens is 456 g/mol. The summed E-state index contributed by atoms with van der Waals surface area (Å²) in [5.74, 6) is 3.66. The van der Waals surface area contributed by atoms with E-state index in [0.717, 1.165) is 30.7 Å². The van der Waals surface area contributed by atoms with E-state index in [2.05, 4.69) is 68.0 Å². The molecule has 0 amide bonds. The van der Waals surface area contributed by atoms with Gasteiger partial charge in [-0.05, 0) is 119 Å². The van der Waals surface area contributed by atoms with Crippen LogP contribution in [0.15, 0.2) is 23.5 Å². The standard InChI is InChI=1S/C32H50N4O/c1-20-17-31(6)28(33-19-20)22(3)32(37-31)12-9-26-25(21(2)18-32)16-27-29(4)11-8-24(36-14-13-34-35-36)15-23(29)7-10-30(26,27)5/h13-14,20,22-24,26-28,33H,7-12,15-19H2,1-6H3/t20-,22+,23+,24+,26+,27+,28-,29-,30-,31+,32-/m0/s1. The molecule has 5 heteroatoms. The summed E-state index contributed by atoms with van der Waals surface area (Å²) >= 11 is 0. The molecule has 2 saturated heterocycles. The minimum Gasteiger partial charge on any atom is -0.367 e. The lowest BCUT2D eigenvalue weighted by Crippen LogP contribution is -2.55. The zero-order valence-corrected chi connectivity index (χ0v) is 24.2. The Morgan fingerprint density at radius 1 is 1.05 bits per heavy atom. The van der Waals surface area contributed by atoms with E-state index in [9.17, 15) is 0 Å². The van der Waals surface area contributed by atoms with Crippen LogP contribution in [0.1, 0.15) is 112 Å². The van der Waals surface area contributed by atoms with Gasteiger partial charge in [-0.15, -0.1) is 5.10 Å². The van der Waals surface area contributed by atoms with Gasteiger partial charge in [0.05, 0.1) is 23.4 Å². The van der Waals surface area contributed by atoms with Crippen LogP contribution in [0.4, 0.5) is 0 Å². The molecule has 4 aliphatic carbocycles. The predicted molar refractivity (Wildman–Crippen MR) is 147 cm³/mol. The summed E-state index contributed by atoms with van der Waals surface area (Å²) in [6, 6.07) is 1.04. The van der Waals surface area contributed by atoms with Crippen LogP contribution in [0.5, 0.6) is 0 Å². The average molecular weight is 507 g/mol. The van der Waals surface area contributed by atoms with Crippen LogP contribution >= 0.6 is 0 Å². The lowest BCUT2D eigenvalue weighted by Gasteiger charge is -2.58. The molecule has 1 N–H and O–H groups in total. The fraction of sp³-hybridized carbons (Fsp3) is 0.875. The van der Waals surface area contributed by atoms with Crippen LogP contribution in [-0.2, 0) is 4.74 Å². The highest BCUT2D eigenvalue weighted by Crippen LogP contribution is 2.71. The van der Waals surface area contributed by atoms with Crippen LogP contribution in [0.25, 0.3) is 0 Å². The van der Waals surface area contributed by atoms with Gasteiger partial charge in [-0.25, -0.2) is 4.68 Å². The van der Waals surface area contributed by atoms with E-state index in [0.29, 0.717) is 34.7 Å². The Bertz CT molecular complexity index is 1080. The van der Waals surface area contributed by atoms with Crippen LogP contribution < -0.4 is 5.32 Å². The number of fused-ring (bicyclic) bond motifs is 6. The molecule has 37 heavy (non-hydrogen) atoms. The third-order valence-electron chi connectivity index (χ3n) is 13.4. The highest BCUT2D eigenvalue weighted by molar-refractivity contribution is 5.32. The summed E-state index contributed by atoms with van der Waals surface area (Å²) in [4.78, 5) is 0. The molecule has 1 aromatic heterocycles. The lowest BCUT2D eigenvalue weighted by atomic mass is 9.47. The Hall–Kier alpha value is -1.20. The summed E-state index contributed by atoms with van der Waals surface area (Å²) in [5.41, 5.74) is 4.45. The maximum Gasteiger partial charge on any atom is 0.0821 e. The summed E-state index contributed by atoms with van der Waals surface area (Å²) < 4.78 is 9.44. The largest absolute Gasteiger partial charge is 0.367 e. The van der Waals surface area contributed by atoms with Gasteiger partial charge in [-0.2, -0.15) is 0 Å². The maximum atomic E-state index is 7.29. The fourth-order valence-corrected chi connectivity index (χ4v) is 11.6. The first-order chi connectivity index (χ1) is 17.6. The van der Waals surface area contributed by atoms with E-state index in [-0.39, 0.29) is 11.2 Å². The van der Waals surface area contributed by atoms with Crippen LogP contribution in [0, 0.1) is 40.4 Å². The number of nitrogens with zero attached hydrogens (tertiary/aromatic N) is 3. The van der Waals surface area contributed by atoms with Gasteiger partial charge in [-0.1, -0.05) is 44.1 Å². The first kappa shape index (κ1) is 24.8. The van der Waals surface area contributed by atoms with E-state index in [1.54, 1.807) is 5.57 Å². The molecule has 11 atom stereocenters. The number of hydrogen-bond acceptors (Lipinski definition) is 4. The number of rotatable bonds is 1. The van der Waals surface area contributed by atoms with E-state index in [1.165, 1.54) is 57.8 Å². The van der Waals surface area contributed by atoms with Gasteiger partial charge >= 0.3 is 0 Å². The molecule has 0 aromatic carbocycles. The van der Waals surface area contributed by atoms with Gasteiger partial charge in [0.15, 0.2) is 0 Å². The number of ether oxygens (including phenoxy) is 1. The number of hydrogen-bond donors (Lipinski definition) is 1. The molecule has 5 nitrogen and oxygen atoms in total. The van der Waals surface area contributed by atoms with Crippen molar-refractivity contribution in [1.82, 2.24) is 20.3 Å². The second-order valence-corrected chi connectivity index (χ2v) is 15.4. The van der Waals surface area contributed by atoms with Crippen molar-refractivity contribution in [3.63, 3.8) is 0 Å². The molecule has 1 spiro atoms. The second kappa shape index (κ2) is 8.16. The Kier molecular flexibility index (Phi) is 5.47. The molecule has 5 fully saturated rings. The van der Waals surface area contributed by atoms with Crippen molar-refractivity contribution < 1.29 is 4.74 Å². The van der Waals surface area contributed by atoms with Gasteiger partial charge < -0.3 is 10.1 Å². The quantitative estimate of drug-likeness (QED) is 0.429. The van der Waals surface area contributed by atoms with Crippen molar-refractivity contribution in [2.45, 2.75) is 129 Å². The molecule has 3 heterocycles. The molecule has 204 valence electrons. The van der Waals surface area contributed by atoms with Crippen molar-refractivity contribution in [3.8, 4) is 0 Å². The van der Waals surface area contributed by atoms with Gasteiger partial charge in [0, 0.05) is 18.2 Å².